The highest BCUT2D eigenvalue weighted by atomic mass is 16.3. The molecule has 0 heterocycles. The van der Waals surface area contributed by atoms with Gasteiger partial charge in [-0.05, 0) is 44.5 Å². The van der Waals surface area contributed by atoms with Crippen molar-refractivity contribution in [3.8, 4) is 5.75 Å². The molecule has 0 aromatic heterocycles. The Bertz CT molecular complexity index is 296. The van der Waals surface area contributed by atoms with Crippen LogP contribution in [0.25, 0.3) is 0 Å². The summed E-state index contributed by atoms with van der Waals surface area (Å²) in [5.41, 5.74) is 1.18. The lowest BCUT2D eigenvalue weighted by molar-refractivity contribution is 0.213. The second kappa shape index (κ2) is 5.76. The minimum absolute atomic E-state index is 0.354. The molecule has 1 aromatic carbocycles. The van der Waals surface area contributed by atoms with Gasteiger partial charge in [0, 0.05) is 12.6 Å². The van der Waals surface area contributed by atoms with Gasteiger partial charge in [0.15, 0.2) is 0 Å². The van der Waals surface area contributed by atoms with Crippen LogP contribution in [0.15, 0.2) is 24.3 Å². The molecule has 0 radical (unpaired) electrons. The fraction of sp³-hybridized carbons (Fsp3) is 0.538. The number of nitrogens with zero attached hydrogens (tertiary/aromatic N) is 1. The molecule has 1 aromatic rings. The lowest BCUT2D eigenvalue weighted by Crippen LogP contribution is -2.30. The summed E-state index contributed by atoms with van der Waals surface area (Å²) in [7, 11) is 0. The van der Waals surface area contributed by atoms with Gasteiger partial charge in [0.2, 0.25) is 0 Å². The lowest BCUT2D eigenvalue weighted by Gasteiger charge is -2.25. The third-order valence-electron chi connectivity index (χ3n) is 2.54. The van der Waals surface area contributed by atoms with Crippen molar-refractivity contribution in [2.24, 2.45) is 0 Å². The van der Waals surface area contributed by atoms with E-state index in [2.05, 4.69) is 31.7 Å². The number of phenols is 1. The Morgan fingerprint density at radius 3 is 2.60 bits per heavy atom. The summed E-state index contributed by atoms with van der Waals surface area (Å²) < 4.78 is 0. The standard InChI is InChI=1S/C13H21NO/c1-4-8-14(11(2)3)10-12-6-5-7-13(15)9-12/h5-7,9,11,15H,4,8,10H2,1-3H3. The molecule has 2 heteroatoms. The van der Waals surface area contributed by atoms with Crippen molar-refractivity contribution in [2.75, 3.05) is 6.54 Å². The van der Waals surface area contributed by atoms with Crippen LogP contribution in [0.4, 0.5) is 0 Å². The normalized spacial score (nSPS) is 11.3. The van der Waals surface area contributed by atoms with Crippen molar-refractivity contribution < 1.29 is 5.11 Å². The van der Waals surface area contributed by atoms with Crippen molar-refractivity contribution in [1.82, 2.24) is 4.90 Å². The largest absolute Gasteiger partial charge is 0.508 e. The summed E-state index contributed by atoms with van der Waals surface area (Å²) in [6.07, 6.45) is 1.16. The predicted molar refractivity (Wildman–Crippen MR) is 63.9 cm³/mol. The third kappa shape index (κ3) is 3.92. The summed E-state index contributed by atoms with van der Waals surface area (Å²) >= 11 is 0. The highest BCUT2D eigenvalue weighted by Crippen LogP contribution is 2.14. The first-order chi connectivity index (χ1) is 7.13. The highest BCUT2D eigenvalue weighted by molar-refractivity contribution is 5.27. The number of hydrogen-bond acceptors (Lipinski definition) is 2. The summed E-state index contributed by atoms with van der Waals surface area (Å²) in [5.74, 6) is 0.354. The Morgan fingerprint density at radius 2 is 2.07 bits per heavy atom. The number of aromatic hydroxyl groups is 1. The second-order valence-corrected chi connectivity index (χ2v) is 4.23. The zero-order valence-corrected chi connectivity index (χ0v) is 9.90. The zero-order valence-electron chi connectivity index (χ0n) is 9.90. The van der Waals surface area contributed by atoms with Gasteiger partial charge in [-0.1, -0.05) is 19.1 Å². The quantitative estimate of drug-likeness (QED) is 0.802. The van der Waals surface area contributed by atoms with E-state index in [0.29, 0.717) is 11.8 Å². The Morgan fingerprint density at radius 1 is 1.33 bits per heavy atom. The molecule has 1 N–H and O–H groups in total. The minimum atomic E-state index is 0.354. The molecule has 0 fully saturated rings. The summed E-state index contributed by atoms with van der Waals surface area (Å²) in [5, 5.41) is 9.38. The maximum absolute atomic E-state index is 9.38. The average Bonchev–Trinajstić information content (AvgIpc) is 2.17. The van der Waals surface area contributed by atoms with Crippen LogP contribution in [0.2, 0.25) is 0 Å². The zero-order chi connectivity index (χ0) is 11.3. The van der Waals surface area contributed by atoms with E-state index in [1.807, 2.05) is 12.1 Å². The van der Waals surface area contributed by atoms with Crippen molar-refractivity contribution in [3.63, 3.8) is 0 Å². The lowest BCUT2D eigenvalue weighted by atomic mass is 10.1. The van der Waals surface area contributed by atoms with E-state index in [9.17, 15) is 5.11 Å². The van der Waals surface area contributed by atoms with E-state index in [4.69, 9.17) is 0 Å². The third-order valence-corrected chi connectivity index (χ3v) is 2.54. The molecule has 2 nitrogen and oxygen atoms in total. The monoisotopic (exact) mass is 207 g/mol. The SMILES string of the molecule is CCCN(Cc1cccc(O)c1)C(C)C. The van der Waals surface area contributed by atoms with Crippen molar-refractivity contribution in [2.45, 2.75) is 39.8 Å². The molecule has 0 amide bonds. The molecule has 0 spiro atoms. The van der Waals surface area contributed by atoms with Gasteiger partial charge in [-0.25, -0.2) is 0 Å². The van der Waals surface area contributed by atoms with Crippen LogP contribution in [0.3, 0.4) is 0 Å². The van der Waals surface area contributed by atoms with E-state index in [-0.39, 0.29) is 0 Å². The Hall–Kier alpha value is -1.02. The molecule has 0 aliphatic carbocycles. The number of phenolic OH excluding ortho intramolecular Hbond substituents is 1. The molecule has 0 unspecified atom stereocenters. The van der Waals surface area contributed by atoms with Gasteiger partial charge in [-0.15, -0.1) is 0 Å². The van der Waals surface area contributed by atoms with Crippen LogP contribution in [0.5, 0.6) is 5.75 Å². The van der Waals surface area contributed by atoms with Gasteiger partial charge >= 0.3 is 0 Å². The van der Waals surface area contributed by atoms with Crippen LogP contribution in [-0.4, -0.2) is 22.6 Å². The fourth-order valence-corrected chi connectivity index (χ4v) is 1.70. The minimum Gasteiger partial charge on any atom is -0.508 e. The van der Waals surface area contributed by atoms with Gasteiger partial charge in [-0.3, -0.25) is 4.90 Å². The summed E-state index contributed by atoms with van der Waals surface area (Å²) in [6, 6.07) is 8.06. The van der Waals surface area contributed by atoms with Crippen LogP contribution >= 0.6 is 0 Å². The molecule has 84 valence electrons. The molecule has 15 heavy (non-hydrogen) atoms. The number of benzene rings is 1. The smallest absolute Gasteiger partial charge is 0.115 e. The Balaban J connectivity index is 2.65. The molecular weight excluding hydrogens is 186 g/mol. The van der Waals surface area contributed by atoms with Crippen LogP contribution < -0.4 is 0 Å². The molecule has 0 saturated carbocycles. The molecule has 0 aliphatic heterocycles. The Labute approximate surface area is 92.5 Å². The summed E-state index contributed by atoms with van der Waals surface area (Å²) in [4.78, 5) is 2.41. The molecule has 0 saturated heterocycles. The molecular formula is C13H21NO. The molecule has 0 atom stereocenters. The Kier molecular flexibility index (Phi) is 4.63. The first kappa shape index (κ1) is 12.1. The van der Waals surface area contributed by atoms with Crippen LogP contribution in [0, 0.1) is 0 Å². The maximum Gasteiger partial charge on any atom is 0.115 e. The van der Waals surface area contributed by atoms with Gasteiger partial charge in [0.25, 0.3) is 0 Å². The van der Waals surface area contributed by atoms with E-state index in [0.717, 1.165) is 19.5 Å². The fourth-order valence-electron chi connectivity index (χ4n) is 1.70. The first-order valence-corrected chi connectivity index (χ1v) is 5.65. The van der Waals surface area contributed by atoms with E-state index >= 15 is 0 Å². The number of hydrogen-bond donors (Lipinski definition) is 1. The van der Waals surface area contributed by atoms with Crippen LogP contribution in [0.1, 0.15) is 32.8 Å². The topological polar surface area (TPSA) is 23.5 Å². The van der Waals surface area contributed by atoms with Crippen LogP contribution in [-0.2, 0) is 6.54 Å². The first-order valence-electron chi connectivity index (χ1n) is 5.65. The van der Waals surface area contributed by atoms with Gasteiger partial charge < -0.3 is 5.11 Å². The highest BCUT2D eigenvalue weighted by Gasteiger charge is 2.08. The average molecular weight is 207 g/mol. The molecule has 0 bridgehead atoms. The van der Waals surface area contributed by atoms with E-state index in [1.54, 1.807) is 6.07 Å². The van der Waals surface area contributed by atoms with Crippen molar-refractivity contribution in [3.05, 3.63) is 29.8 Å². The van der Waals surface area contributed by atoms with E-state index < -0.39 is 0 Å². The summed E-state index contributed by atoms with van der Waals surface area (Å²) in [6.45, 7) is 8.63. The van der Waals surface area contributed by atoms with E-state index in [1.165, 1.54) is 5.56 Å². The second-order valence-electron chi connectivity index (χ2n) is 4.23. The molecule has 0 aliphatic rings. The van der Waals surface area contributed by atoms with Gasteiger partial charge in [0.05, 0.1) is 0 Å². The van der Waals surface area contributed by atoms with Gasteiger partial charge in [0.1, 0.15) is 5.75 Å². The number of rotatable bonds is 5. The van der Waals surface area contributed by atoms with Gasteiger partial charge in [-0.2, -0.15) is 0 Å². The van der Waals surface area contributed by atoms with Crippen molar-refractivity contribution >= 4 is 0 Å². The molecule has 1 rings (SSSR count). The predicted octanol–water partition coefficient (Wildman–Crippen LogP) is 3.01. The van der Waals surface area contributed by atoms with Crippen molar-refractivity contribution in [1.29, 1.82) is 0 Å². The maximum atomic E-state index is 9.38.